The third-order valence-corrected chi connectivity index (χ3v) is 6.29. The summed E-state index contributed by atoms with van der Waals surface area (Å²) in [4.78, 5) is 15.2. The number of hydrogen-bond donors (Lipinski definition) is 1. The summed E-state index contributed by atoms with van der Waals surface area (Å²) in [6.45, 7) is 0. The molecule has 1 aromatic rings. The van der Waals surface area contributed by atoms with Crippen molar-refractivity contribution in [3.05, 3.63) is 52.7 Å². The Morgan fingerprint density at radius 1 is 1.22 bits per heavy atom. The summed E-state index contributed by atoms with van der Waals surface area (Å²) in [6, 6.07) is 13.5. The fourth-order valence-corrected chi connectivity index (χ4v) is 5.15. The number of anilines is 1. The zero-order chi connectivity index (χ0) is 19.4. The van der Waals surface area contributed by atoms with E-state index in [0.29, 0.717) is 23.2 Å². The van der Waals surface area contributed by atoms with Crippen molar-refractivity contribution in [3.8, 4) is 18.2 Å². The van der Waals surface area contributed by atoms with E-state index < -0.39 is 16.7 Å². The Balaban J connectivity index is 2.22. The molecule has 0 fully saturated rings. The molecule has 1 heterocycles. The molecule has 2 aliphatic carbocycles. The predicted molar refractivity (Wildman–Crippen MR) is 97.4 cm³/mol. The van der Waals surface area contributed by atoms with Crippen molar-refractivity contribution >= 4 is 11.6 Å². The fourth-order valence-electron chi connectivity index (χ4n) is 5.15. The molecule has 1 aromatic carbocycles. The lowest BCUT2D eigenvalue weighted by Gasteiger charge is -2.49. The van der Waals surface area contributed by atoms with E-state index in [1.165, 1.54) is 4.90 Å². The SMILES string of the molecule is CN1C(=O)[C@@]2(c3ccccc31)[C@@H]1CCCC=C1C(C#N)=C(N)C2(C#N)C#N. The molecule has 3 aliphatic rings. The van der Waals surface area contributed by atoms with Gasteiger partial charge in [-0.25, -0.2) is 0 Å². The van der Waals surface area contributed by atoms with E-state index in [1.54, 1.807) is 19.2 Å². The van der Waals surface area contributed by atoms with Gasteiger partial charge in [-0.1, -0.05) is 24.3 Å². The van der Waals surface area contributed by atoms with E-state index >= 15 is 0 Å². The van der Waals surface area contributed by atoms with Gasteiger partial charge in [-0.3, -0.25) is 4.79 Å². The van der Waals surface area contributed by atoms with Crippen LogP contribution in [0.3, 0.4) is 0 Å². The number of rotatable bonds is 0. The molecule has 0 aromatic heterocycles. The summed E-state index contributed by atoms with van der Waals surface area (Å²) in [5, 5.41) is 30.1. The van der Waals surface area contributed by atoms with Crippen molar-refractivity contribution in [2.45, 2.75) is 24.7 Å². The molecule has 2 atom stereocenters. The van der Waals surface area contributed by atoms with Gasteiger partial charge in [0.05, 0.1) is 23.4 Å². The molecule has 1 amide bonds. The number of likely N-dealkylation sites (N-methyl/N-ethyl adjacent to an activating group) is 1. The first kappa shape index (κ1) is 16.9. The van der Waals surface area contributed by atoms with Gasteiger partial charge in [0, 0.05) is 18.7 Å². The van der Waals surface area contributed by atoms with E-state index in [0.717, 1.165) is 12.8 Å². The van der Waals surface area contributed by atoms with Crippen molar-refractivity contribution in [1.82, 2.24) is 0 Å². The van der Waals surface area contributed by atoms with Gasteiger partial charge in [0.25, 0.3) is 0 Å². The second kappa shape index (κ2) is 5.47. The van der Waals surface area contributed by atoms with E-state index in [-0.39, 0.29) is 17.2 Å². The zero-order valence-corrected chi connectivity index (χ0v) is 14.9. The van der Waals surface area contributed by atoms with Crippen LogP contribution < -0.4 is 10.6 Å². The minimum atomic E-state index is -1.94. The first-order valence-corrected chi connectivity index (χ1v) is 8.82. The third-order valence-electron chi connectivity index (χ3n) is 6.29. The lowest BCUT2D eigenvalue weighted by atomic mass is 9.47. The number of fused-ring (bicyclic) bond motifs is 4. The number of allylic oxidation sites excluding steroid dienone is 4. The Labute approximate surface area is 157 Å². The highest BCUT2D eigenvalue weighted by atomic mass is 16.2. The van der Waals surface area contributed by atoms with Gasteiger partial charge in [0.2, 0.25) is 11.3 Å². The maximum Gasteiger partial charge on any atom is 0.241 e. The number of carbonyl (C=O) groups is 1. The smallest absolute Gasteiger partial charge is 0.241 e. The van der Waals surface area contributed by atoms with Crippen LogP contribution in [0.25, 0.3) is 0 Å². The monoisotopic (exact) mass is 355 g/mol. The van der Waals surface area contributed by atoms with Crippen LogP contribution in [0.2, 0.25) is 0 Å². The molecule has 0 bridgehead atoms. The number of hydrogen-bond acceptors (Lipinski definition) is 5. The van der Waals surface area contributed by atoms with Gasteiger partial charge < -0.3 is 10.6 Å². The Morgan fingerprint density at radius 2 is 1.93 bits per heavy atom. The molecule has 2 N–H and O–H groups in total. The zero-order valence-electron chi connectivity index (χ0n) is 14.9. The van der Waals surface area contributed by atoms with E-state index in [1.807, 2.05) is 18.2 Å². The number of carbonyl (C=O) groups excluding carboxylic acids is 1. The summed E-state index contributed by atoms with van der Waals surface area (Å²) in [5.74, 6) is -0.754. The number of nitrogens with two attached hydrogens (primary N) is 1. The van der Waals surface area contributed by atoms with Gasteiger partial charge in [-0.15, -0.1) is 0 Å². The Kier molecular flexibility index (Phi) is 3.42. The van der Waals surface area contributed by atoms with Gasteiger partial charge in [0.1, 0.15) is 11.5 Å². The Hall–Kier alpha value is -3.56. The van der Waals surface area contributed by atoms with E-state index in [4.69, 9.17) is 5.73 Å². The molecule has 6 nitrogen and oxygen atoms in total. The largest absolute Gasteiger partial charge is 0.399 e. The molecule has 4 rings (SSSR count). The number of para-hydroxylation sites is 1. The minimum absolute atomic E-state index is 0.113. The molecule has 27 heavy (non-hydrogen) atoms. The summed E-state index contributed by atoms with van der Waals surface area (Å²) in [5.41, 5.74) is 5.01. The van der Waals surface area contributed by atoms with Crippen molar-refractivity contribution in [3.63, 3.8) is 0 Å². The van der Waals surface area contributed by atoms with Crippen molar-refractivity contribution in [1.29, 1.82) is 15.8 Å². The number of benzene rings is 1. The van der Waals surface area contributed by atoms with Crippen molar-refractivity contribution < 1.29 is 4.79 Å². The summed E-state index contributed by atoms with van der Waals surface area (Å²) in [7, 11) is 1.65. The molecule has 0 saturated heterocycles. The van der Waals surface area contributed by atoms with Crippen LogP contribution in [0.4, 0.5) is 5.69 Å². The third kappa shape index (κ3) is 1.65. The Bertz CT molecular complexity index is 1050. The molecular weight excluding hydrogens is 338 g/mol. The van der Waals surface area contributed by atoms with Gasteiger partial charge in [0.15, 0.2) is 0 Å². The summed E-state index contributed by atoms with van der Waals surface area (Å²) in [6.07, 6.45) is 4.15. The highest BCUT2D eigenvalue weighted by molar-refractivity contribution is 6.10. The molecule has 6 heteroatoms. The highest BCUT2D eigenvalue weighted by Gasteiger charge is 2.71. The minimum Gasteiger partial charge on any atom is -0.399 e. The molecule has 0 unspecified atom stereocenters. The molecule has 0 saturated carbocycles. The lowest BCUT2D eigenvalue weighted by molar-refractivity contribution is -0.127. The summed E-state index contributed by atoms with van der Waals surface area (Å²) >= 11 is 0. The average molecular weight is 355 g/mol. The quantitative estimate of drug-likeness (QED) is 0.766. The second-order valence-corrected chi connectivity index (χ2v) is 7.21. The second-order valence-electron chi connectivity index (χ2n) is 7.21. The van der Waals surface area contributed by atoms with Crippen molar-refractivity contribution in [2.24, 2.45) is 17.1 Å². The molecular formula is C21H17N5O. The van der Waals surface area contributed by atoms with E-state index in [2.05, 4.69) is 18.2 Å². The molecule has 132 valence electrons. The number of nitrogens with zero attached hydrogens (tertiary/aromatic N) is 4. The average Bonchev–Trinajstić information content (AvgIpc) is 2.93. The van der Waals surface area contributed by atoms with Gasteiger partial charge in [-0.2, -0.15) is 15.8 Å². The highest BCUT2D eigenvalue weighted by Crippen LogP contribution is 2.64. The van der Waals surface area contributed by atoms with Crippen LogP contribution in [0, 0.1) is 45.3 Å². The number of amides is 1. The molecule has 0 radical (unpaired) electrons. The fraction of sp³-hybridized carbons (Fsp3) is 0.333. The molecule has 1 aliphatic heterocycles. The van der Waals surface area contributed by atoms with E-state index in [9.17, 15) is 20.6 Å². The first-order chi connectivity index (χ1) is 13.0. The number of nitriles is 3. The normalized spacial score (nSPS) is 27.9. The van der Waals surface area contributed by atoms with Crippen LogP contribution in [-0.4, -0.2) is 13.0 Å². The standard InChI is InChI=1S/C21H17N5O/c1-26-17-9-5-4-8-16(17)21(19(26)27)15-7-3-2-6-13(15)14(10-22)18(25)20(21,11-23)12-24/h4-6,8-9,15H,2-3,7,25H2,1H3/t15-,21+/m1/s1. The summed E-state index contributed by atoms with van der Waals surface area (Å²) < 4.78 is 0. The lowest BCUT2D eigenvalue weighted by Crippen LogP contribution is -2.61. The van der Waals surface area contributed by atoms with Crippen LogP contribution >= 0.6 is 0 Å². The van der Waals surface area contributed by atoms with Gasteiger partial charge >= 0.3 is 0 Å². The van der Waals surface area contributed by atoms with Crippen LogP contribution in [0.1, 0.15) is 24.8 Å². The topological polar surface area (TPSA) is 118 Å². The van der Waals surface area contributed by atoms with Crippen LogP contribution in [-0.2, 0) is 10.2 Å². The maximum atomic E-state index is 13.7. The van der Waals surface area contributed by atoms with Gasteiger partial charge in [-0.05, 0) is 36.5 Å². The maximum absolute atomic E-state index is 13.7. The van der Waals surface area contributed by atoms with Crippen LogP contribution in [0.5, 0.6) is 0 Å². The van der Waals surface area contributed by atoms with Crippen LogP contribution in [0.15, 0.2) is 47.2 Å². The predicted octanol–water partition coefficient (Wildman–Crippen LogP) is 2.41. The molecule has 1 spiro atoms. The van der Waals surface area contributed by atoms with Crippen molar-refractivity contribution in [2.75, 3.05) is 11.9 Å². The first-order valence-electron chi connectivity index (χ1n) is 8.82. The Morgan fingerprint density at radius 3 is 2.59 bits per heavy atom.